The molecule has 258 valence electrons. The van der Waals surface area contributed by atoms with Crippen molar-refractivity contribution < 1.29 is 50.5 Å². The first kappa shape index (κ1) is 34.0. The summed E-state index contributed by atoms with van der Waals surface area (Å²) in [6, 6.07) is 10.0. The average Bonchev–Trinajstić information content (AvgIpc) is 3.27. The Bertz CT molecular complexity index is 1640. The Hall–Kier alpha value is -3.88. The molecule has 1 aliphatic carbocycles. The minimum absolute atomic E-state index is 0.0395. The summed E-state index contributed by atoms with van der Waals surface area (Å²) in [5.74, 6) is 0.955. The van der Waals surface area contributed by atoms with E-state index in [1.165, 1.54) is 19.1 Å². The molecule has 1 unspecified atom stereocenters. The number of benzene rings is 2. The molecule has 0 radical (unpaired) electrons. The highest BCUT2D eigenvalue weighted by Crippen LogP contribution is 2.46. The van der Waals surface area contributed by atoms with Crippen LogP contribution in [0.3, 0.4) is 0 Å². The van der Waals surface area contributed by atoms with Gasteiger partial charge in [0.05, 0.1) is 37.0 Å². The summed E-state index contributed by atoms with van der Waals surface area (Å²) in [4.78, 5) is 20.4. The third-order valence-electron chi connectivity index (χ3n) is 9.58. The third kappa shape index (κ3) is 6.57. The van der Waals surface area contributed by atoms with Gasteiger partial charge in [-0.25, -0.2) is 9.88 Å². The third-order valence-corrected chi connectivity index (χ3v) is 9.58. The number of carbonyl (C=O) groups is 1. The second-order valence-corrected chi connectivity index (χ2v) is 12.5. The summed E-state index contributed by atoms with van der Waals surface area (Å²) in [6.45, 7) is 3.14. The number of alkyl halides is 6. The Morgan fingerprint density at radius 3 is 2.17 bits per heavy atom. The lowest BCUT2D eigenvalue weighted by atomic mass is 9.71. The number of methoxy groups -OCH3 is 2. The Morgan fingerprint density at radius 1 is 0.938 bits per heavy atom. The van der Waals surface area contributed by atoms with E-state index in [9.17, 15) is 36.2 Å². The van der Waals surface area contributed by atoms with Crippen LogP contribution in [0.4, 0.5) is 32.2 Å². The molecule has 8 nitrogen and oxygen atoms in total. The Balaban J connectivity index is 1.35. The topological polar surface area (TPSA) is 84.4 Å². The first-order valence-corrected chi connectivity index (χ1v) is 15.6. The summed E-state index contributed by atoms with van der Waals surface area (Å²) in [7, 11) is 2.90. The SMILES string of the molecule is COc1ccc([C@H]2C[C@@H](C(=O)OC)C2)cc1-c1ccc(N2CCC2)nc1CN1C(O)O[C@H](c2cc(C(F)(F)F)cc(C(F)(F)F)c2)[C@@H]1C. The number of aliphatic hydroxyl groups is 1. The van der Waals surface area contributed by atoms with Crippen molar-refractivity contribution in [3.63, 3.8) is 0 Å². The molecule has 3 fully saturated rings. The van der Waals surface area contributed by atoms with Gasteiger partial charge in [0.1, 0.15) is 17.7 Å². The molecule has 48 heavy (non-hydrogen) atoms. The maximum absolute atomic E-state index is 13.6. The fourth-order valence-corrected chi connectivity index (χ4v) is 6.61. The van der Waals surface area contributed by atoms with Crippen LogP contribution in [0, 0.1) is 5.92 Å². The van der Waals surface area contributed by atoms with E-state index in [1.807, 2.05) is 30.3 Å². The molecule has 0 amide bonds. The predicted molar refractivity (Wildman–Crippen MR) is 162 cm³/mol. The number of aromatic nitrogens is 1. The van der Waals surface area contributed by atoms with Gasteiger partial charge in [-0.2, -0.15) is 26.3 Å². The van der Waals surface area contributed by atoms with Crippen LogP contribution in [0.1, 0.15) is 66.2 Å². The maximum atomic E-state index is 13.6. The first-order valence-electron chi connectivity index (χ1n) is 15.6. The van der Waals surface area contributed by atoms with E-state index < -0.39 is 42.0 Å². The van der Waals surface area contributed by atoms with Gasteiger partial charge < -0.3 is 24.2 Å². The zero-order valence-corrected chi connectivity index (χ0v) is 26.4. The van der Waals surface area contributed by atoms with Gasteiger partial charge >= 0.3 is 18.3 Å². The molecule has 2 aliphatic heterocycles. The highest BCUT2D eigenvalue weighted by atomic mass is 19.4. The smallest absolute Gasteiger partial charge is 0.416 e. The van der Waals surface area contributed by atoms with Crippen molar-refractivity contribution >= 4 is 11.8 Å². The Morgan fingerprint density at radius 2 is 1.60 bits per heavy atom. The van der Waals surface area contributed by atoms with Crippen molar-refractivity contribution in [1.29, 1.82) is 0 Å². The molecule has 1 N–H and O–H groups in total. The Labute approximate surface area is 273 Å². The van der Waals surface area contributed by atoms with Crippen LogP contribution < -0.4 is 9.64 Å². The van der Waals surface area contributed by atoms with Crippen LogP contribution in [0.15, 0.2) is 48.5 Å². The van der Waals surface area contributed by atoms with Gasteiger partial charge in [0, 0.05) is 36.8 Å². The number of rotatable bonds is 8. The number of nitrogens with zero attached hydrogens (tertiary/aromatic N) is 3. The number of pyridine rings is 1. The molecule has 1 saturated carbocycles. The summed E-state index contributed by atoms with van der Waals surface area (Å²) in [6.07, 6.45) is -10.7. The lowest BCUT2D eigenvalue weighted by Gasteiger charge is -2.34. The minimum atomic E-state index is -5.03. The van der Waals surface area contributed by atoms with Gasteiger partial charge in [-0.3, -0.25) is 4.79 Å². The average molecular weight is 680 g/mol. The van der Waals surface area contributed by atoms with Crippen molar-refractivity contribution in [2.75, 3.05) is 32.2 Å². The number of halogens is 6. The van der Waals surface area contributed by atoms with E-state index in [0.29, 0.717) is 53.4 Å². The number of ether oxygens (including phenoxy) is 3. The standard InChI is InChI=1S/C34H35F6N3O5/c1-18-30(21-13-23(33(35,36)37)16-24(14-21)34(38,39)40)48-32(45)43(18)17-27-25(6-8-29(41-27)42-9-4-10-42)26-15-19(5-7-28(26)46-2)20-11-22(12-20)31(44)47-3/h5-8,13-16,18,20,22,30,32,45H,4,9-12,17H2,1-3H3/t18-,20-,22+,30-,32?/m0/s1. The van der Waals surface area contributed by atoms with Crippen molar-refractivity contribution in [3.05, 3.63) is 76.5 Å². The minimum Gasteiger partial charge on any atom is -0.496 e. The van der Waals surface area contributed by atoms with Gasteiger partial charge in [-0.05, 0) is 85.7 Å². The molecule has 2 aromatic carbocycles. The fourth-order valence-electron chi connectivity index (χ4n) is 6.61. The normalized spacial score (nSPS) is 24.6. The summed E-state index contributed by atoms with van der Waals surface area (Å²) >= 11 is 0. The zero-order chi connectivity index (χ0) is 34.5. The molecule has 6 rings (SSSR count). The van der Waals surface area contributed by atoms with Crippen molar-refractivity contribution in [1.82, 2.24) is 9.88 Å². The summed E-state index contributed by atoms with van der Waals surface area (Å²) < 4.78 is 98.0. The number of esters is 1. The molecule has 0 bridgehead atoms. The van der Waals surface area contributed by atoms with Crippen LogP contribution in [-0.2, 0) is 33.2 Å². The second kappa shape index (κ2) is 12.9. The van der Waals surface area contributed by atoms with E-state index >= 15 is 0 Å². The predicted octanol–water partition coefficient (Wildman–Crippen LogP) is 6.91. The van der Waals surface area contributed by atoms with E-state index in [1.54, 1.807) is 6.92 Å². The number of anilines is 1. The van der Waals surface area contributed by atoms with Crippen LogP contribution in [0.25, 0.3) is 11.1 Å². The molecule has 1 aromatic heterocycles. The molecular formula is C34H35F6N3O5. The zero-order valence-electron chi connectivity index (χ0n) is 26.4. The fraction of sp³-hybridized carbons (Fsp3) is 0.471. The van der Waals surface area contributed by atoms with E-state index in [-0.39, 0.29) is 36.0 Å². The van der Waals surface area contributed by atoms with E-state index in [0.717, 1.165) is 25.1 Å². The number of hydrogen-bond acceptors (Lipinski definition) is 8. The molecule has 2 saturated heterocycles. The molecule has 3 heterocycles. The van der Waals surface area contributed by atoms with Gasteiger partial charge in [0.2, 0.25) is 6.41 Å². The molecular weight excluding hydrogens is 644 g/mol. The first-order chi connectivity index (χ1) is 22.7. The molecule has 3 atom stereocenters. The van der Waals surface area contributed by atoms with Crippen LogP contribution in [-0.4, -0.2) is 60.7 Å². The highest BCUT2D eigenvalue weighted by Gasteiger charge is 2.44. The van der Waals surface area contributed by atoms with Crippen molar-refractivity contribution in [3.8, 4) is 16.9 Å². The van der Waals surface area contributed by atoms with Gasteiger partial charge in [-0.1, -0.05) is 6.07 Å². The van der Waals surface area contributed by atoms with Gasteiger partial charge in [0.25, 0.3) is 0 Å². The van der Waals surface area contributed by atoms with E-state index in [2.05, 4.69) is 4.90 Å². The maximum Gasteiger partial charge on any atom is 0.416 e. The summed E-state index contributed by atoms with van der Waals surface area (Å²) in [5.41, 5.74) is -0.396. The molecule has 3 aromatic rings. The van der Waals surface area contributed by atoms with Gasteiger partial charge in [0.15, 0.2) is 0 Å². The van der Waals surface area contributed by atoms with Crippen LogP contribution in [0.5, 0.6) is 5.75 Å². The number of carbonyl (C=O) groups excluding carboxylic acids is 1. The lowest BCUT2D eigenvalue weighted by molar-refractivity contribution is -0.154. The van der Waals surface area contributed by atoms with Crippen LogP contribution in [0.2, 0.25) is 0 Å². The molecule has 3 aliphatic rings. The number of hydrogen-bond donors (Lipinski definition) is 1. The second-order valence-electron chi connectivity index (χ2n) is 12.5. The molecule has 0 spiro atoms. The van der Waals surface area contributed by atoms with E-state index in [4.69, 9.17) is 19.2 Å². The number of aliphatic hydroxyl groups excluding tert-OH is 1. The molecule has 14 heteroatoms. The lowest BCUT2D eigenvalue weighted by Crippen LogP contribution is -2.38. The Kier molecular flexibility index (Phi) is 9.11. The largest absolute Gasteiger partial charge is 0.496 e. The van der Waals surface area contributed by atoms with Crippen molar-refractivity contribution in [2.24, 2.45) is 5.92 Å². The van der Waals surface area contributed by atoms with Crippen LogP contribution >= 0.6 is 0 Å². The quantitative estimate of drug-likeness (QED) is 0.203. The highest BCUT2D eigenvalue weighted by molar-refractivity contribution is 5.76. The van der Waals surface area contributed by atoms with Gasteiger partial charge in [-0.15, -0.1) is 0 Å². The monoisotopic (exact) mass is 679 g/mol. The van der Waals surface area contributed by atoms with Crippen molar-refractivity contribution in [2.45, 2.75) is 69.6 Å². The summed E-state index contributed by atoms with van der Waals surface area (Å²) in [5, 5.41) is 11.0.